The van der Waals surface area contributed by atoms with Crippen LogP contribution in [0.15, 0.2) is 48.7 Å². The predicted octanol–water partition coefficient (Wildman–Crippen LogP) is 4.71. The van der Waals surface area contributed by atoms with Crippen LogP contribution in [0.25, 0.3) is 16.9 Å². The summed E-state index contributed by atoms with van der Waals surface area (Å²) in [6.07, 6.45) is 3.74. The lowest BCUT2D eigenvalue weighted by Gasteiger charge is -2.11. The first-order valence-corrected chi connectivity index (χ1v) is 10.5. The van der Waals surface area contributed by atoms with Crippen LogP contribution in [-0.4, -0.2) is 33.6 Å². The van der Waals surface area contributed by atoms with Gasteiger partial charge in [-0.15, -0.1) is 5.10 Å². The number of carbonyl (C=O) groups excluding carboxylic acids is 1. The molecule has 0 unspecified atom stereocenters. The zero-order valence-electron chi connectivity index (χ0n) is 18.0. The van der Waals surface area contributed by atoms with E-state index in [9.17, 15) is 13.6 Å². The molecular formula is C24H21F2N5O2. The number of rotatable bonds is 6. The minimum absolute atomic E-state index is 0.0718. The number of nitrogens with one attached hydrogen (secondary N) is 2. The third-order valence-corrected chi connectivity index (χ3v) is 5.51. The maximum Gasteiger partial charge on any atom is 0.251 e. The van der Waals surface area contributed by atoms with E-state index in [1.807, 2.05) is 19.1 Å². The van der Waals surface area contributed by atoms with Gasteiger partial charge in [0, 0.05) is 36.3 Å². The molecule has 0 spiro atoms. The fourth-order valence-corrected chi connectivity index (χ4v) is 3.61. The number of hydrogen-bond acceptors (Lipinski definition) is 5. The summed E-state index contributed by atoms with van der Waals surface area (Å²) >= 11 is 0. The Morgan fingerprint density at radius 3 is 2.64 bits per heavy atom. The molecule has 33 heavy (non-hydrogen) atoms. The van der Waals surface area contributed by atoms with E-state index in [4.69, 9.17) is 4.74 Å². The molecule has 5 rings (SSSR count). The number of halogens is 2. The van der Waals surface area contributed by atoms with E-state index in [-0.39, 0.29) is 23.6 Å². The Hall–Kier alpha value is -4.01. The fraction of sp³-hybridized carbons (Fsp3) is 0.208. The molecule has 168 valence electrons. The number of amides is 1. The van der Waals surface area contributed by atoms with Gasteiger partial charge in [0.2, 0.25) is 5.88 Å². The van der Waals surface area contributed by atoms with E-state index >= 15 is 0 Å². The Kier molecular flexibility index (Phi) is 5.16. The third kappa shape index (κ3) is 4.09. The van der Waals surface area contributed by atoms with Crippen molar-refractivity contribution in [1.29, 1.82) is 0 Å². The number of hydrogen-bond donors (Lipinski definition) is 2. The largest absolute Gasteiger partial charge is 0.437 e. The van der Waals surface area contributed by atoms with E-state index in [1.54, 1.807) is 29.9 Å². The Bertz CT molecular complexity index is 1380. The SMILES string of the molecule is CNc1cc(Oc2ccc(F)c(F)c2)nn2c(-c3ccc(C(=O)NC4CC4)c(C)c3)cnc12. The summed E-state index contributed by atoms with van der Waals surface area (Å²) < 4.78 is 34.1. The van der Waals surface area contributed by atoms with Crippen molar-refractivity contribution in [2.75, 3.05) is 12.4 Å². The first-order valence-electron chi connectivity index (χ1n) is 10.5. The van der Waals surface area contributed by atoms with Crippen molar-refractivity contribution < 1.29 is 18.3 Å². The van der Waals surface area contributed by atoms with Crippen molar-refractivity contribution >= 4 is 17.2 Å². The van der Waals surface area contributed by atoms with E-state index in [1.165, 1.54) is 6.07 Å². The highest BCUT2D eigenvalue weighted by molar-refractivity contribution is 5.96. The second-order valence-corrected chi connectivity index (χ2v) is 7.98. The zero-order chi connectivity index (χ0) is 23.1. The van der Waals surface area contributed by atoms with Gasteiger partial charge in [-0.3, -0.25) is 4.79 Å². The number of anilines is 1. The van der Waals surface area contributed by atoms with Crippen molar-refractivity contribution in [2.24, 2.45) is 0 Å². The molecule has 2 aromatic carbocycles. The Labute approximate surface area is 188 Å². The minimum atomic E-state index is -1.01. The first-order chi connectivity index (χ1) is 15.9. The van der Waals surface area contributed by atoms with Crippen molar-refractivity contribution in [3.8, 4) is 22.9 Å². The summed E-state index contributed by atoms with van der Waals surface area (Å²) in [5, 5.41) is 10.6. The molecule has 0 radical (unpaired) electrons. The van der Waals surface area contributed by atoms with Crippen LogP contribution in [0.3, 0.4) is 0 Å². The molecule has 0 atom stereocenters. The molecule has 4 aromatic rings. The second-order valence-electron chi connectivity index (χ2n) is 7.98. The molecule has 0 aliphatic heterocycles. The average molecular weight is 449 g/mol. The van der Waals surface area contributed by atoms with E-state index in [0.717, 1.165) is 36.1 Å². The highest BCUT2D eigenvalue weighted by Crippen LogP contribution is 2.30. The van der Waals surface area contributed by atoms with E-state index < -0.39 is 11.6 Å². The van der Waals surface area contributed by atoms with Gasteiger partial charge in [0.1, 0.15) is 5.75 Å². The standard InChI is InChI=1S/C24H21F2N5O2/c1-13-9-14(3-7-17(13)24(32)29-15-4-5-15)21-12-28-23-20(27-2)11-22(30-31(21)23)33-16-6-8-18(25)19(26)10-16/h3,6-12,15,27H,4-5H2,1-2H3,(H,29,32). The third-order valence-electron chi connectivity index (χ3n) is 5.51. The number of fused-ring (bicyclic) bond motifs is 1. The normalized spacial score (nSPS) is 13.2. The summed E-state index contributed by atoms with van der Waals surface area (Å²) in [5.74, 6) is -1.74. The van der Waals surface area contributed by atoms with Crippen LogP contribution in [-0.2, 0) is 0 Å². The van der Waals surface area contributed by atoms with Gasteiger partial charge >= 0.3 is 0 Å². The van der Waals surface area contributed by atoms with Crippen molar-refractivity contribution in [1.82, 2.24) is 19.9 Å². The van der Waals surface area contributed by atoms with Gasteiger partial charge in [-0.05, 0) is 49.6 Å². The molecule has 1 fully saturated rings. The average Bonchev–Trinajstić information content (AvgIpc) is 3.51. The van der Waals surface area contributed by atoms with Crippen molar-refractivity contribution in [2.45, 2.75) is 25.8 Å². The van der Waals surface area contributed by atoms with Gasteiger partial charge in [0.15, 0.2) is 17.3 Å². The topological polar surface area (TPSA) is 80.5 Å². The van der Waals surface area contributed by atoms with Gasteiger partial charge in [-0.1, -0.05) is 6.07 Å². The van der Waals surface area contributed by atoms with Crippen LogP contribution >= 0.6 is 0 Å². The highest BCUT2D eigenvalue weighted by Gasteiger charge is 2.24. The number of benzene rings is 2. The number of aryl methyl sites for hydroxylation is 1. The Morgan fingerprint density at radius 2 is 1.94 bits per heavy atom. The van der Waals surface area contributed by atoms with Crippen LogP contribution in [0.1, 0.15) is 28.8 Å². The molecule has 1 amide bonds. The number of imidazole rings is 1. The zero-order valence-corrected chi connectivity index (χ0v) is 18.0. The Morgan fingerprint density at radius 1 is 1.12 bits per heavy atom. The predicted molar refractivity (Wildman–Crippen MR) is 120 cm³/mol. The molecule has 2 heterocycles. The summed E-state index contributed by atoms with van der Waals surface area (Å²) in [7, 11) is 1.74. The van der Waals surface area contributed by atoms with Crippen LogP contribution < -0.4 is 15.4 Å². The number of ether oxygens (including phenoxy) is 1. The summed E-state index contributed by atoms with van der Waals surface area (Å²) in [6.45, 7) is 1.89. The molecule has 7 nitrogen and oxygen atoms in total. The Balaban J connectivity index is 1.52. The lowest BCUT2D eigenvalue weighted by atomic mass is 10.0. The minimum Gasteiger partial charge on any atom is -0.437 e. The highest BCUT2D eigenvalue weighted by atomic mass is 19.2. The molecule has 1 aliphatic rings. The van der Waals surface area contributed by atoms with Crippen LogP contribution in [0.2, 0.25) is 0 Å². The lowest BCUT2D eigenvalue weighted by Crippen LogP contribution is -2.26. The number of carbonyl (C=O) groups is 1. The van der Waals surface area contributed by atoms with E-state index in [0.29, 0.717) is 22.6 Å². The summed E-state index contributed by atoms with van der Waals surface area (Å²) in [6, 6.07) is 10.8. The number of nitrogens with zero attached hydrogens (tertiary/aromatic N) is 3. The molecule has 1 saturated carbocycles. The maximum absolute atomic E-state index is 13.6. The molecule has 0 saturated heterocycles. The quantitative estimate of drug-likeness (QED) is 0.446. The first kappa shape index (κ1) is 20.9. The summed E-state index contributed by atoms with van der Waals surface area (Å²) in [5.41, 5.74) is 4.19. The fourth-order valence-electron chi connectivity index (χ4n) is 3.61. The van der Waals surface area contributed by atoms with Gasteiger partial charge < -0.3 is 15.4 Å². The van der Waals surface area contributed by atoms with Gasteiger partial charge in [0.05, 0.1) is 17.6 Å². The van der Waals surface area contributed by atoms with E-state index in [2.05, 4.69) is 20.7 Å². The van der Waals surface area contributed by atoms with Crippen molar-refractivity contribution in [3.63, 3.8) is 0 Å². The molecule has 0 bridgehead atoms. The van der Waals surface area contributed by atoms with Crippen LogP contribution in [0, 0.1) is 18.6 Å². The van der Waals surface area contributed by atoms with Gasteiger partial charge in [-0.25, -0.2) is 18.3 Å². The smallest absolute Gasteiger partial charge is 0.251 e. The van der Waals surface area contributed by atoms with Crippen molar-refractivity contribution in [3.05, 3.63) is 71.4 Å². The number of aromatic nitrogens is 3. The summed E-state index contributed by atoms with van der Waals surface area (Å²) in [4.78, 5) is 16.9. The maximum atomic E-state index is 13.6. The molecular weight excluding hydrogens is 428 g/mol. The lowest BCUT2D eigenvalue weighted by molar-refractivity contribution is 0.0950. The van der Waals surface area contributed by atoms with Crippen LogP contribution in [0.4, 0.5) is 14.5 Å². The monoisotopic (exact) mass is 449 g/mol. The van der Waals surface area contributed by atoms with Gasteiger partial charge in [0.25, 0.3) is 5.91 Å². The molecule has 1 aliphatic carbocycles. The molecule has 2 N–H and O–H groups in total. The molecule has 2 aromatic heterocycles. The van der Waals surface area contributed by atoms with Gasteiger partial charge in [-0.2, -0.15) is 0 Å². The second kappa shape index (κ2) is 8.16. The molecule has 9 heteroatoms. The van der Waals surface area contributed by atoms with Crippen LogP contribution in [0.5, 0.6) is 11.6 Å².